The highest BCUT2D eigenvalue weighted by molar-refractivity contribution is 14.0. The molecule has 5 heteroatoms. The van der Waals surface area contributed by atoms with Crippen LogP contribution in [0.4, 0.5) is 5.69 Å². The molecule has 2 N–H and O–H groups in total. The highest BCUT2D eigenvalue weighted by Gasteiger charge is 2.27. The van der Waals surface area contributed by atoms with Crippen molar-refractivity contribution in [3.8, 4) is 0 Å². The van der Waals surface area contributed by atoms with Gasteiger partial charge in [-0.1, -0.05) is 24.3 Å². The zero-order valence-electron chi connectivity index (χ0n) is 12.4. The van der Waals surface area contributed by atoms with Crippen LogP contribution in [-0.2, 0) is 6.54 Å². The molecule has 0 saturated heterocycles. The van der Waals surface area contributed by atoms with Crippen LogP contribution in [0.15, 0.2) is 41.4 Å². The standard InChI is InChI=1S/C16H22N4.HI/c1-19(14-8-9-14)16(17)18-12-13-4-6-15(7-5-13)20-10-2-3-11-20;/h2-7,14H,8-12H2,1H3,(H2,17,18);1H. The Kier molecular flexibility index (Phi) is 5.50. The van der Waals surface area contributed by atoms with Crippen LogP contribution in [0.2, 0.25) is 0 Å². The summed E-state index contributed by atoms with van der Waals surface area (Å²) >= 11 is 0. The fourth-order valence-electron chi connectivity index (χ4n) is 2.43. The Morgan fingerprint density at radius 1 is 1.24 bits per heavy atom. The van der Waals surface area contributed by atoms with Crippen molar-refractivity contribution >= 4 is 35.6 Å². The molecule has 21 heavy (non-hydrogen) atoms. The second-order valence-corrected chi connectivity index (χ2v) is 5.56. The molecule has 4 nitrogen and oxygen atoms in total. The van der Waals surface area contributed by atoms with Gasteiger partial charge in [0.1, 0.15) is 0 Å². The number of nitrogens with zero attached hydrogens (tertiary/aromatic N) is 3. The Morgan fingerprint density at radius 3 is 2.43 bits per heavy atom. The minimum atomic E-state index is 0. The van der Waals surface area contributed by atoms with E-state index in [1.807, 2.05) is 7.05 Å². The van der Waals surface area contributed by atoms with Crippen molar-refractivity contribution in [1.29, 1.82) is 0 Å². The van der Waals surface area contributed by atoms with Gasteiger partial charge in [0.2, 0.25) is 0 Å². The van der Waals surface area contributed by atoms with Crippen molar-refractivity contribution in [2.24, 2.45) is 10.7 Å². The molecule has 1 aromatic rings. The van der Waals surface area contributed by atoms with Gasteiger partial charge in [0.25, 0.3) is 0 Å². The largest absolute Gasteiger partial charge is 0.370 e. The highest BCUT2D eigenvalue weighted by atomic mass is 127. The average Bonchev–Trinajstić information content (AvgIpc) is 3.19. The molecular formula is C16H23IN4. The van der Waals surface area contributed by atoms with E-state index in [1.54, 1.807) is 0 Å². The molecule has 0 aromatic heterocycles. The zero-order chi connectivity index (χ0) is 13.9. The van der Waals surface area contributed by atoms with Crippen LogP contribution in [0, 0.1) is 0 Å². The molecule has 0 bridgehead atoms. The van der Waals surface area contributed by atoms with E-state index in [4.69, 9.17) is 5.73 Å². The Labute approximate surface area is 143 Å². The number of halogens is 1. The van der Waals surface area contributed by atoms with E-state index in [-0.39, 0.29) is 24.0 Å². The Hall–Kier alpha value is -1.24. The minimum Gasteiger partial charge on any atom is -0.370 e. The van der Waals surface area contributed by atoms with Crippen molar-refractivity contribution < 1.29 is 0 Å². The number of hydrogen-bond donors (Lipinski definition) is 1. The molecule has 1 saturated carbocycles. The molecule has 0 radical (unpaired) electrons. The summed E-state index contributed by atoms with van der Waals surface area (Å²) in [7, 11) is 2.03. The predicted molar refractivity (Wildman–Crippen MR) is 99.3 cm³/mol. The lowest BCUT2D eigenvalue weighted by Crippen LogP contribution is -2.35. The van der Waals surface area contributed by atoms with E-state index in [2.05, 4.69) is 51.2 Å². The van der Waals surface area contributed by atoms with Gasteiger partial charge in [-0.3, -0.25) is 0 Å². The lowest BCUT2D eigenvalue weighted by molar-refractivity contribution is 0.487. The Balaban J connectivity index is 0.00000161. The molecule has 0 unspecified atom stereocenters. The fourth-order valence-corrected chi connectivity index (χ4v) is 2.43. The van der Waals surface area contributed by atoms with Crippen LogP contribution < -0.4 is 10.6 Å². The summed E-state index contributed by atoms with van der Waals surface area (Å²) in [5.41, 5.74) is 8.47. The molecule has 0 spiro atoms. The average molecular weight is 398 g/mol. The van der Waals surface area contributed by atoms with E-state index in [0.717, 1.165) is 13.1 Å². The molecule has 1 fully saturated rings. The molecule has 0 atom stereocenters. The molecule has 0 amide bonds. The van der Waals surface area contributed by atoms with Crippen LogP contribution in [-0.4, -0.2) is 37.0 Å². The third-order valence-corrected chi connectivity index (χ3v) is 4.00. The maximum Gasteiger partial charge on any atom is 0.191 e. The number of aliphatic imine (C=N–C) groups is 1. The first-order valence-electron chi connectivity index (χ1n) is 7.25. The van der Waals surface area contributed by atoms with Gasteiger partial charge in [-0.2, -0.15) is 0 Å². The SMILES string of the molecule is CN(C(N)=NCc1ccc(N2CC=CC2)cc1)C1CC1.I. The van der Waals surface area contributed by atoms with Gasteiger partial charge >= 0.3 is 0 Å². The number of rotatable bonds is 4. The number of hydrogen-bond acceptors (Lipinski definition) is 2. The van der Waals surface area contributed by atoms with Gasteiger partial charge in [-0.25, -0.2) is 4.99 Å². The minimum absolute atomic E-state index is 0. The quantitative estimate of drug-likeness (QED) is 0.367. The van der Waals surface area contributed by atoms with Crippen molar-refractivity contribution in [2.45, 2.75) is 25.4 Å². The molecule has 3 rings (SSSR count). The Bertz CT molecular complexity index is 512. The summed E-state index contributed by atoms with van der Waals surface area (Å²) in [5.74, 6) is 0.653. The van der Waals surface area contributed by atoms with Crippen molar-refractivity contribution in [3.63, 3.8) is 0 Å². The summed E-state index contributed by atoms with van der Waals surface area (Å²) in [6, 6.07) is 9.23. The van der Waals surface area contributed by atoms with Crippen LogP contribution in [0.5, 0.6) is 0 Å². The number of guanidine groups is 1. The lowest BCUT2D eigenvalue weighted by Gasteiger charge is -2.18. The fraction of sp³-hybridized carbons (Fsp3) is 0.438. The van der Waals surface area contributed by atoms with Gasteiger partial charge in [-0.15, -0.1) is 24.0 Å². The smallest absolute Gasteiger partial charge is 0.191 e. The van der Waals surface area contributed by atoms with Crippen LogP contribution in [0.1, 0.15) is 18.4 Å². The molecule has 1 heterocycles. The summed E-state index contributed by atoms with van der Waals surface area (Å²) in [6.07, 6.45) is 6.88. The number of benzene rings is 1. The van der Waals surface area contributed by atoms with E-state index in [0.29, 0.717) is 18.5 Å². The van der Waals surface area contributed by atoms with Crippen molar-refractivity contribution in [3.05, 3.63) is 42.0 Å². The van der Waals surface area contributed by atoms with Gasteiger partial charge in [0.05, 0.1) is 6.54 Å². The van der Waals surface area contributed by atoms with Gasteiger partial charge in [-0.05, 0) is 30.5 Å². The molecule has 1 aromatic carbocycles. The summed E-state index contributed by atoms with van der Waals surface area (Å²) in [6.45, 7) is 2.68. The topological polar surface area (TPSA) is 44.9 Å². The number of anilines is 1. The lowest BCUT2D eigenvalue weighted by atomic mass is 10.2. The predicted octanol–water partition coefficient (Wildman–Crippen LogP) is 2.59. The monoisotopic (exact) mass is 398 g/mol. The van der Waals surface area contributed by atoms with E-state index in [9.17, 15) is 0 Å². The summed E-state index contributed by atoms with van der Waals surface area (Å²) < 4.78 is 0. The number of nitrogens with two attached hydrogens (primary N) is 1. The molecule has 1 aliphatic heterocycles. The van der Waals surface area contributed by atoms with Gasteiger partial charge in [0.15, 0.2) is 5.96 Å². The normalized spacial score (nSPS) is 17.8. The molecule has 1 aliphatic carbocycles. The Morgan fingerprint density at radius 2 is 1.86 bits per heavy atom. The first-order chi connectivity index (χ1) is 9.74. The second kappa shape index (κ2) is 7.15. The van der Waals surface area contributed by atoms with Gasteiger partial charge < -0.3 is 15.5 Å². The van der Waals surface area contributed by atoms with Crippen molar-refractivity contribution in [2.75, 3.05) is 25.0 Å². The second-order valence-electron chi connectivity index (χ2n) is 5.56. The molecular weight excluding hydrogens is 375 g/mol. The van der Waals surface area contributed by atoms with Crippen molar-refractivity contribution in [1.82, 2.24) is 4.90 Å². The molecule has 2 aliphatic rings. The highest BCUT2D eigenvalue weighted by Crippen LogP contribution is 2.25. The van der Waals surface area contributed by atoms with E-state index < -0.39 is 0 Å². The van der Waals surface area contributed by atoms with Gasteiger partial charge in [0, 0.05) is 31.9 Å². The zero-order valence-corrected chi connectivity index (χ0v) is 14.7. The third-order valence-electron chi connectivity index (χ3n) is 4.00. The van der Waals surface area contributed by atoms with Crippen LogP contribution in [0.25, 0.3) is 0 Å². The first kappa shape index (κ1) is 16.1. The van der Waals surface area contributed by atoms with Crippen LogP contribution >= 0.6 is 24.0 Å². The maximum atomic E-state index is 5.99. The van der Waals surface area contributed by atoms with E-state index >= 15 is 0 Å². The third kappa shape index (κ3) is 4.12. The van der Waals surface area contributed by atoms with Crippen LogP contribution in [0.3, 0.4) is 0 Å². The molecule has 114 valence electrons. The maximum absolute atomic E-state index is 5.99. The summed E-state index contributed by atoms with van der Waals surface area (Å²) in [4.78, 5) is 8.90. The van der Waals surface area contributed by atoms with E-state index in [1.165, 1.54) is 24.1 Å². The first-order valence-corrected chi connectivity index (χ1v) is 7.25. The summed E-state index contributed by atoms with van der Waals surface area (Å²) in [5, 5.41) is 0.